The Morgan fingerprint density at radius 1 is 0.521 bits per heavy atom. The van der Waals surface area contributed by atoms with E-state index in [9.17, 15) is 35.8 Å². The number of nitrogens with zero attached hydrogens (tertiary/aromatic N) is 10. The lowest BCUT2D eigenvalue weighted by Gasteiger charge is -2.35. The number of ketones is 1. The number of fused-ring (bicyclic) bond motifs is 2. The molecule has 20 heteroatoms. The van der Waals surface area contributed by atoms with Crippen LogP contribution in [-0.2, 0) is 61.8 Å². The third-order valence-corrected chi connectivity index (χ3v) is 22.0. The molecule has 3 aliphatic rings. The van der Waals surface area contributed by atoms with Crippen LogP contribution >= 0.6 is 0 Å². The van der Waals surface area contributed by atoms with Crippen LogP contribution in [0.3, 0.4) is 0 Å². The Hall–Kier alpha value is -5.38. The third-order valence-electron chi connectivity index (χ3n) is 20.4. The van der Waals surface area contributed by atoms with Gasteiger partial charge < -0.3 is 28.1 Å². The summed E-state index contributed by atoms with van der Waals surface area (Å²) in [5.74, 6) is -1.17. The second kappa shape index (κ2) is 36.3. The molecule has 94 heavy (non-hydrogen) atoms. The predicted molar refractivity (Wildman–Crippen MR) is 374 cm³/mol. The SMILES string of the molecule is CCCCCCCCCCCC[N+](C)(CCCn1cc(CCCN2/C(=C\C3=C([O-])C(=C\C4=[N+](CCCc5cn(CCC[N+](C)(CCCCCCCCCCCC)CCCS(=O)(=O)[O-])nn5)c5ccccc5C4(C)C)/C3=O)C(C)(C)c3ccccc32)nn1)CCCS(=O)(=O)[O-]. The number of hydrogen-bond donors (Lipinski definition) is 0. The van der Waals surface area contributed by atoms with Crippen LogP contribution in [0.2, 0.25) is 0 Å². The molecule has 1 aliphatic carbocycles. The lowest BCUT2D eigenvalue weighted by Crippen LogP contribution is -2.47. The van der Waals surface area contributed by atoms with Crippen LogP contribution in [0.15, 0.2) is 95.7 Å². The topological polar surface area (TPSA) is 222 Å². The van der Waals surface area contributed by atoms with Crippen molar-refractivity contribution in [3.8, 4) is 0 Å². The Morgan fingerprint density at radius 2 is 0.957 bits per heavy atom. The van der Waals surface area contributed by atoms with Crippen LogP contribution in [-0.4, -0.2) is 159 Å². The van der Waals surface area contributed by atoms with Crippen molar-refractivity contribution in [2.24, 2.45) is 0 Å². The van der Waals surface area contributed by atoms with Crippen molar-refractivity contribution in [2.45, 2.75) is 245 Å². The zero-order valence-corrected chi connectivity index (χ0v) is 60.4. The van der Waals surface area contributed by atoms with Gasteiger partial charge in [0.05, 0.1) is 90.4 Å². The quantitative estimate of drug-likeness (QED) is 0.0132. The molecule has 4 heterocycles. The van der Waals surface area contributed by atoms with E-state index in [2.05, 4.69) is 110 Å². The van der Waals surface area contributed by atoms with Gasteiger partial charge in [-0.3, -0.25) is 14.2 Å². The highest BCUT2D eigenvalue weighted by atomic mass is 32.2. The molecule has 0 spiro atoms. The van der Waals surface area contributed by atoms with Crippen LogP contribution in [0.1, 0.15) is 231 Å². The fourth-order valence-corrected chi connectivity index (χ4v) is 15.7. The molecule has 18 nitrogen and oxygen atoms in total. The van der Waals surface area contributed by atoms with Crippen molar-refractivity contribution >= 4 is 43.1 Å². The first-order chi connectivity index (χ1) is 44.9. The number of aryl methyl sites for hydroxylation is 4. The second-order valence-electron chi connectivity index (χ2n) is 29.2. The molecule has 0 saturated carbocycles. The molecular formula is C74H116N10O8S2. The fraction of sp³-hybridized carbons (Fsp3) is 0.676. The van der Waals surface area contributed by atoms with Gasteiger partial charge >= 0.3 is 0 Å². The Labute approximate surface area is 565 Å². The molecule has 0 bridgehead atoms. The van der Waals surface area contributed by atoms with E-state index in [1.165, 1.54) is 103 Å². The van der Waals surface area contributed by atoms with E-state index < -0.39 is 31.1 Å². The largest absolute Gasteiger partial charge is 0.871 e. The van der Waals surface area contributed by atoms with Crippen LogP contribution in [0, 0.1) is 0 Å². The van der Waals surface area contributed by atoms with Gasteiger partial charge in [-0.2, -0.15) is 4.58 Å². The summed E-state index contributed by atoms with van der Waals surface area (Å²) in [6.07, 6.45) is 38.1. The van der Waals surface area contributed by atoms with E-state index in [1.807, 2.05) is 58.2 Å². The second-order valence-corrected chi connectivity index (χ2v) is 32.2. The smallest absolute Gasteiger partial charge is 0.209 e. The summed E-state index contributed by atoms with van der Waals surface area (Å²) in [6, 6.07) is 16.6. The van der Waals surface area contributed by atoms with Crippen molar-refractivity contribution in [1.29, 1.82) is 0 Å². The number of allylic oxidation sites excluding steroid dienone is 5. The maximum atomic E-state index is 14.5. The van der Waals surface area contributed by atoms with E-state index in [0.717, 1.165) is 132 Å². The first kappa shape index (κ1) is 76.0. The van der Waals surface area contributed by atoms with Crippen LogP contribution in [0.5, 0.6) is 0 Å². The Kier molecular flexibility index (Phi) is 29.3. The molecule has 0 amide bonds. The Bertz CT molecular complexity index is 3420. The lowest BCUT2D eigenvalue weighted by molar-refractivity contribution is -0.910. The zero-order valence-electron chi connectivity index (χ0n) is 58.8. The summed E-state index contributed by atoms with van der Waals surface area (Å²) in [5, 5.41) is 32.6. The maximum absolute atomic E-state index is 14.5. The molecule has 4 aromatic rings. The van der Waals surface area contributed by atoms with Gasteiger partial charge in [-0.25, -0.2) is 16.8 Å². The third kappa shape index (κ3) is 22.9. The molecule has 2 atom stereocenters. The molecule has 522 valence electrons. The van der Waals surface area contributed by atoms with Gasteiger partial charge in [0.1, 0.15) is 6.54 Å². The normalized spacial score (nSPS) is 17.6. The van der Waals surface area contributed by atoms with E-state index in [1.54, 1.807) is 0 Å². The van der Waals surface area contributed by atoms with E-state index in [4.69, 9.17) is 0 Å². The highest BCUT2D eigenvalue weighted by Crippen LogP contribution is 2.49. The van der Waals surface area contributed by atoms with Gasteiger partial charge in [0, 0.05) is 121 Å². The number of benzene rings is 2. The summed E-state index contributed by atoms with van der Waals surface area (Å²) < 4.78 is 76.6. The summed E-state index contributed by atoms with van der Waals surface area (Å²) in [4.78, 5) is 16.7. The number of hydrogen-bond acceptors (Lipinski definition) is 13. The number of carbonyl (C=O) groups is 1. The molecule has 2 aliphatic heterocycles. The minimum absolute atomic E-state index is 0.194. The van der Waals surface area contributed by atoms with Crippen molar-refractivity contribution in [1.82, 2.24) is 30.0 Å². The molecule has 0 saturated heterocycles. The number of unbranched alkanes of at least 4 members (excludes halogenated alkanes) is 18. The number of para-hydroxylation sites is 2. The zero-order chi connectivity index (χ0) is 67.8. The highest BCUT2D eigenvalue weighted by molar-refractivity contribution is 7.85. The van der Waals surface area contributed by atoms with Crippen LogP contribution in [0.4, 0.5) is 11.4 Å². The monoisotopic (exact) mass is 1340 g/mol. The van der Waals surface area contributed by atoms with E-state index in [-0.39, 0.29) is 34.2 Å². The molecule has 7 rings (SSSR count). The molecule has 0 fully saturated rings. The number of anilines is 1. The van der Waals surface area contributed by atoms with Crippen molar-refractivity contribution in [2.75, 3.05) is 82.9 Å². The van der Waals surface area contributed by atoms with Gasteiger partial charge in [0.2, 0.25) is 5.69 Å². The minimum Gasteiger partial charge on any atom is -0.871 e. The van der Waals surface area contributed by atoms with Gasteiger partial charge in [0.15, 0.2) is 11.5 Å². The number of rotatable bonds is 48. The average Bonchev–Trinajstić information content (AvgIpc) is 1.56. The summed E-state index contributed by atoms with van der Waals surface area (Å²) in [5.41, 5.74) is 7.39. The van der Waals surface area contributed by atoms with Gasteiger partial charge in [-0.1, -0.05) is 183 Å². The number of Topliss-reactive ketones (excluding diaryl/α,β-unsaturated/α-hetero) is 1. The van der Waals surface area contributed by atoms with Crippen molar-refractivity contribution in [3.05, 3.63) is 118 Å². The molecule has 2 aromatic carbocycles. The van der Waals surface area contributed by atoms with Crippen molar-refractivity contribution in [3.63, 3.8) is 0 Å². The molecule has 2 unspecified atom stereocenters. The molecule has 2 aromatic heterocycles. The van der Waals surface area contributed by atoms with E-state index in [0.29, 0.717) is 65.0 Å². The highest BCUT2D eigenvalue weighted by Gasteiger charge is 2.46. The summed E-state index contributed by atoms with van der Waals surface area (Å²) in [6.45, 7) is 20.6. The van der Waals surface area contributed by atoms with E-state index >= 15 is 0 Å². The summed E-state index contributed by atoms with van der Waals surface area (Å²) in [7, 11) is -4.16. The van der Waals surface area contributed by atoms with Crippen LogP contribution < -0.4 is 10.0 Å². The van der Waals surface area contributed by atoms with Gasteiger partial charge in [-0.15, -0.1) is 10.2 Å². The fourth-order valence-electron chi connectivity index (χ4n) is 14.7. The predicted octanol–water partition coefficient (Wildman–Crippen LogP) is 12.7. The average molecular weight is 1340 g/mol. The molecule has 0 radical (unpaired) electrons. The van der Waals surface area contributed by atoms with Gasteiger partial charge in [0.25, 0.3) is 0 Å². The summed E-state index contributed by atoms with van der Waals surface area (Å²) >= 11 is 0. The van der Waals surface area contributed by atoms with Crippen LogP contribution in [0.25, 0.3) is 0 Å². The lowest BCUT2D eigenvalue weighted by atomic mass is 9.77. The first-order valence-electron chi connectivity index (χ1n) is 36.2. The maximum Gasteiger partial charge on any atom is 0.209 e. The number of aromatic nitrogens is 6. The standard InChI is InChI=1S/C74H116N10O8S2/c1-9-11-13-15-17-19-21-23-25-31-49-83(7,53-37-55-93(87,88)89)51-35-45-79-59-61(75-77-79)39-33-47-81-67-43-29-27-41-65(67)73(3,4)69(81)57-63-71(85)64(72(63)86)58-70-74(5,6)66-42-28-30-44-68(66)82(70)48-34-40-62-60-80(78-76-62)46-36-52-84(8,54-38-56-94(90,91)92)50-32-26-24-22-20-18-16-14-12-10-2/h27-30,41-44,57-60H,9-26,31-40,45-56H2,1-8H3. The van der Waals surface area contributed by atoms with Gasteiger partial charge in [-0.05, 0) is 76.5 Å². The number of carbonyl (C=O) groups excluding carboxylic acids is 1. The van der Waals surface area contributed by atoms with Crippen molar-refractivity contribution < 1.29 is 49.4 Å². The Morgan fingerprint density at radius 3 is 1.45 bits per heavy atom. The first-order valence-corrected chi connectivity index (χ1v) is 39.4. The number of quaternary nitrogens is 2. The molecular weight excluding hydrogens is 1220 g/mol. The Balaban J connectivity index is 0.955. The minimum atomic E-state index is -4.27. The molecule has 0 N–H and O–H groups in total.